The Balaban J connectivity index is 2.32. The van der Waals surface area contributed by atoms with E-state index in [2.05, 4.69) is 19.2 Å². The van der Waals surface area contributed by atoms with Gasteiger partial charge in [0.2, 0.25) is 5.91 Å². The molecule has 1 rings (SSSR count). The maximum absolute atomic E-state index is 11.8. The number of benzene rings is 1. The van der Waals surface area contributed by atoms with Gasteiger partial charge in [0.1, 0.15) is 0 Å². The monoisotopic (exact) mass is 251 g/mol. The Morgan fingerprint density at radius 2 is 1.88 bits per heavy atom. The molecule has 2 nitrogen and oxygen atoms in total. The lowest BCUT2D eigenvalue weighted by molar-refractivity contribution is -0.120. The summed E-state index contributed by atoms with van der Waals surface area (Å²) in [4.78, 5) is 12.9. The smallest absolute Gasteiger partial charge is 0.233 e. The van der Waals surface area contributed by atoms with E-state index >= 15 is 0 Å². The van der Waals surface area contributed by atoms with E-state index in [-0.39, 0.29) is 11.2 Å². The summed E-state index contributed by atoms with van der Waals surface area (Å²) in [5, 5.41) is 2.94. The van der Waals surface area contributed by atoms with Gasteiger partial charge in [0.25, 0.3) is 0 Å². The average molecular weight is 251 g/mol. The second-order valence-electron chi connectivity index (χ2n) is 4.55. The van der Waals surface area contributed by atoms with Crippen LogP contribution in [-0.2, 0) is 4.79 Å². The van der Waals surface area contributed by atoms with E-state index in [4.69, 9.17) is 0 Å². The predicted molar refractivity (Wildman–Crippen MR) is 74.2 cm³/mol. The molecule has 0 aliphatic heterocycles. The Morgan fingerprint density at radius 3 is 2.47 bits per heavy atom. The predicted octanol–water partition coefficient (Wildman–Crippen LogP) is 3.33. The number of thioether (sulfide) groups is 1. The molecule has 0 spiro atoms. The fourth-order valence-corrected chi connectivity index (χ4v) is 2.30. The van der Waals surface area contributed by atoms with E-state index in [0.29, 0.717) is 5.92 Å². The van der Waals surface area contributed by atoms with Crippen LogP contribution in [0.2, 0.25) is 0 Å². The first kappa shape index (κ1) is 14.1. The summed E-state index contributed by atoms with van der Waals surface area (Å²) in [5.74, 6) is 0.756. The Morgan fingerprint density at radius 1 is 1.24 bits per heavy atom. The third-order valence-corrected chi connectivity index (χ3v) is 3.56. The summed E-state index contributed by atoms with van der Waals surface area (Å²) in [6, 6.07) is 10.0. The first-order chi connectivity index (χ1) is 8.09. The zero-order chi connectivity index (χ0) is 12.7. The van der Waals surface area contributed by atoms with E-state index in [1.54, 1.807) is 11.8 Å². The van der Waals surface area contributed by atoms with Gasteiger partial charge in [0.05, 0.1) is 5.25 Å². The summed E-state index contributed by atoms with van der Waals surface area (Å²) in [5.41, 5.74) is 0. The topological polar surface area (TPSA) is 29.1 Å². The lowest BCUT2D eigenvalue weighted by atomic mass is 10.1. The fraction of sp³-hybridized carbons (Fsp3) is 0.500. The van der Waals surface area contributed by atoms with E-state index < -0.39 is 0 Å². The minimum Gasteiger partial charge on any atom is -0.355 e. The van der Waals surface area contributed by atoms with Crippen molar-refractivity contribution in [3.8, 4) is 0 Å². The summed E-state index contributed by atoms with van der Waals surface area (Å²) in [7, 11) is 0. The van der Waals surface area contributed by atoms with Crippen LogP contribution in [0.4, 0.5) is 0 Å². The molecule has 1 aromatic carbocycles. The number of rotatable bonds is 6. The van der Waals surface area contributed by atoms with Crippen LogP contribution in [0.5, 0.6) is 0 Å². The second-order valence-corrected chi connectivity index (χ2v) is 5.96. The molecule has 0 unspecified atom stereocenters. The molecule has 17 heavy (non-hydrogen) atoms. The highest BCUT2D eigenvalue weighted by Gasteiger charge is 2.13. The Kier molecular flexibility index (Phi) is 6.12. The van der Waals surface area contributed by atoms with Crippen LogP contribution in [0, 0.1) is 5.92 Å². The third kappa shape index (κ3) is 5.78. The van der Waals surface area contributed by atoms with Gasteiger partial charge in [0, 0.05) is 11.4 Å². The lowest BCUT2D eigenvalue weighted by Gasteiger charge is -2.12. The molecule has 0 aromatic heterocycles. The number of carbonyl (C=O) groups is 1. The van der Waals surface area contributed by atoms with Crippen LogP contribution >= 0.6 is 11.8 Å². The minimum atomic E-state index is -0.0374. The summed E-state index contributed by atoms with van der Waals surface area (Å²) >= 11 is 1.60. The van der Waals surface area contributed by atoms with Gasteiger partial charge >= 0.3 is 0 Å². The van der Waals surface area contributed by atoms with Crippen LogP contribution in [0.3, 0.4) is 0 Å². The van der Waals surface area contributed by atoms with Crippen LogP contribution < -0.4 is 5.32 Å². The maximum atomic E-state index is 11.8. The number of amides is 1. The zero-order valence-electron chi connectivity index (χ0n) is 10.8. The normalized spacial score (nSPS) is 12.5. The molecule has 0 radical (unpaired) electrons. The number of hydrogen-bond donors (Lipinski definition) is 1. The summed E-state index contributed by atoms with van der Waals surface area (Å²) in [6.45, 7) is 7.04. The highest BCUT2D eigenvalue weighted by Crippen LogP contribution is 2.22. The Bertz CT molecular complexity index is 337. The first-order valence-corrected chi connectivity index (χ1v) is 6.97. The van der Waals surface area contributed by atoms with Gasteiger partial charge in [-0.05, 0) is 31.4 Å². The van der Waals surface area contributed by atoms with Crippen LogP contribution in [-0.4, -0.2) is 17.7 Å². The molecule has 1 aromatic rings. The van der Waals surface area contributed by atoms with Crippen molar-refractivity contribution in [3.63, 3.8) is 0 Å². The standard InChI is InChI=1S/C14H21NOS/c1-11(2)9-10-15-14(16)12(3)17-13-7-5-4-6-8-13/h4-8,11-12H,9-10H2,1-3H3,(H,15,16)/t12-/m0/s1. The van der Waals surface area contributed by atoms with E-state index in [9.17, 15) is 4.79 Å². The number of hydrogen-bond acceptors (Lipinski definition) is 2. The summed E-state index contributed by atoms with van der Waals surface area (Å²) in [6.07, 6.45) is 1.04. The van der Waals surface area contributed by atoms with Gasteiger partial charge in [-0.2, -0.15) is 0 Å². The molecule has 1 N–H and O–H groups in total. The van der Waals surface area contributed by atoms with Gasteiger partial charge in [-0.3, -0.25) is 4.79 Å². The molecule has 0 aliphatic carbocycles. The molecule has 94 valence electrons. The molecule has 0 bridgehead atoms. The third-order valence-electron chi connectivity index (χ3n) is 2.45. The van der Waals surface area contributed by atoms with Crippen LogP contribution in [0.1, 0.15) is 27.2 Å². The number of nitrogens with one attached hydrogen (secondary N) is 1. The quantitative estimate of drug-likeness (QED) is 0.786. The van der Waals surface area contributed by atoms with Crippen molar-refractivity contribution in [1.82, 2.24) is 5.32 Å². The van der Waals surface area contributed by atoms with Crippen LogP contribution in [0.25, 0.3) is 0 Å². The first-order valence-electron chi connectivity index (χ1n) is 6.09. The van der Waals surface area contributed by atoms with Gasteiger partial charge in [-0.25, -0.2) is 0 Å². The fourth-order valence-electron chi connectivity index (χ4n) is 1.38. The molecule has 1 amide bonds. The largest absolute Gasteiger partial charge is 0.355 e. The van der Waals surface area contributed by atoms with Crippen molar-refractivity contribution >= 4 is 17.7 Å². The second kappa shape index (κ2) is 7.38. The van der Waals surface area contributed by atoms with Gasteiger partial charge in [-0.1, -0.05) is 32.0 Å². The van der Waals surface area contributed by atoms with Crippen molar-refractivity contribution in [2.45, 2.75) is 37.3 Å². The molecule has 0 aliphatic rings. The van der Waals surface area contributed by atoms with Crippen molar-refractivity contribution in [2.75, 3.05) is 6.54 Å². The lowest BCUT2D eigenvalue weighted by Crippen LogP contribution is -2.32. The van der Waals surface area contributed by atoms with Crippen molar-refractivity contribution in [2.24, 2.45) is 5.92 Å². The average Bonchev–Trinajstić information content (AvgIpc) is 2.29. The Labute approximate surface area is 108 Å². The SMILES string of the molecule is CC(C)CCNC(=O)[C@H](C)Sc1ccccc1. The maximum Gasteiger partial charge on any atom is 0.233 e. The van der Waals surface area contributed by atoms with E-state index in [1.807, 2.05) is 37.3 Å². The highest BCUT2D eigenvalue weighted by atomic mass is 32.2. The molecule has 3 heteroatoms. The van der Waals surface area contributed by atoms with Gasteiger partial charge in [-0.15, -0.1) is 11.8 Å². The van der Waals surface area contributed by atoms with Crippen molar-refractivity contribution < 1.29 is 4.79 Å². The Hall–Kier alpha value is -0.960. The highest BCUT2D eigenvalue weighted by molar-refractivity contribution is 8.00. The molecule has 1 atom stereocenters. The van der Waals surface area contributed by atoms with Crippen molar-refractivity contribution in [1.29, 1.82) is 0 Å². The van der Waals surface area contributed by atoms with Crippen molar-refractivity contribution in [3.05, 3.63) is 30.3 Å². The molecule has 0 saturated carbocycles. The summed E-state index contributed by atoms with van der Waals surface area (Å²) < 4.78 is 0. The number of carbonyl (C=O) groups excluding carboxylic acids is 1. The minimum absolute atomic E-state index is 0.0374. The molecular weight excluding hydrogens is 230 g/mol. The van der Waals surface area contributed by atoms with E-state index in [1.165, 1.54) is 0 Å². The molecule has 0 fully saturated rings. The molecule has 0 saturated heterocycles. The van der Waals surface area contributed by atoms with Crippen LogP contribution in [0.15, 0.2) is 35.2 Å². The van der Waals surface area contributed by atoms with Gasteiger partial charge < -0.3 is 5.32 Å². The molecule has 0 heterocycles. The molecular formula is C14H21NOS. The zero-order valence-corrected chi connectivity index (χ0v) is 11.6. The van der Waals surface area contributed by atoms with Gasteiger partial charge in [0.15, 0.2) is 0 Å². The van der Waals surface area contributed by atoms with E-state index in [0.717, 1.165) is 17.9 Å².